The van der Waals surface area contributed by atoms with Gasteiger partial charge < -0.3 is 26.1 Å². The number of alkyl halides is 3. The van der Waals surface area contributed by atoms with E-state index in [-0.39, 0.29) is 11.6 Å². The highest BCUT2D eigenvalue weighted by Gasteiger charge is 2.28. The van der Waals surface area contributed by atoms with Crippen molar-refractivity contribution in [2.75, 3.05) is 12.3 Å². The molecule has 3 aromatic rings. The van der Waals surface area contributed by atoms with Gasteiger partial charge >= 0.3 is 12.1 Å². The minimum absolute atomic E-state index is 0.0282. The minimum atomic E-state index is -5.19. The van der Waals surface area contributed by atoms with Gasteiger partial charge in [-0.1, -0.05) is 42.5 Å². The lowest BCUT2D eigenvalue weighted by Crippen LogP contribution is -2.81. The molecule has 0 aliphatic carbocycles. The van der Waals surface area contributed by atoms with E-state index in [4.69, 9.17) is 15.6 Å². The highest BCUT2D eigenvalue weighted by Crippen LogP contribution is 2.33. The summed E-state index contributed by atoms with van der Waals surface area (Å²) in [6.07, 6.45) is -5.19. The minimum Gasteiger partial charge on any atom is -0.542 e. The van der Waals surface area contributed by atoms with Crippen molar-refractivity contribution in [2.45, 2.75) is 12.2 Å². The first-order valence-electron chi connectivity index (χ1n) is 10.0. The third-order valence-corrected chi connectivity index (χ3v) is 5.14. The lowest BCUT2D eigenvalue weighted by Gasteiger charge is -2.13. The van der Waals surface area contributed by atoms with Gasteiger partial charge in [-0.3, -0.25) is 0 Å². The molecular formula is C24H23F3N2O4S. The van der Waals surface area contributed by atoms with Gasteiger partial charge in [-0.25, -0.2) is 4.79 Å². The monoisotopic (exact) mass is 492 g/mol. The lowest BCUT2D eigenvalue weighted by molar-refractivity contribution is -0.572. The van der Waals surface area contributed by atoms with Crippen LogP contribution in [0.25, 0.3) is 22.3 Å². The summed E-state index contributed by atoms with van der Waals surface area (Å²) in [4.78, 5) is 20.1. The summed E-state index contributed by atoms with van der Waals surface area (Å²) < 4.78 is 31.5. The Morgan fingerprint density at radius 1 is 0.971 bits per heavy atom. The summed E-state index contributed by atoms with van der Waals surface area (Å²) in [6.45, 7) is 0.756. The number of carbonyl (C=O) groups is 2. The molecule has 5 N–H and O–H groups in total. The third kappa shape index (κ3) is 7.91. The van der Waals surface area contributed by atoms with Crippen molar-refractivity contribution in [2.24, 2.45) is 5.73 Å². The van der Waals surface area contributed by atoms with Crippen LogP contribution in [0.4, 0.5) is 18.9 Å². The number of quaternary nitrogens is 1. The van der Waals surface area contributed by atoms with Crippen molar-refractivity contribution >= 4 is 30.3 Å². The van der Waals surface area contributed by atoms with E-state index in [0.29, 0.717) is 5.75 Å². The first-order chi connectivity index (χ1) is 16.0. The summed E-state index contributed by atoms with van der Waals surface area (Å²) >= 11 is 4.24. The number of thiol groups is 1. The molecule has 0 unspecified atom stereocenters. The number of halogens is 3. The Morgan fingerprint density at radius 3 is 2.15 bits per heavy atom. The molecule has 0 saturated carbocycles. The molecule has 0 aromatic heterocycles. The standard InChI is InChI=1S/C22H22N2O2S.C2HF3O2/c23-18(14-27)13-24-19-9-10-20(16-7-4-8-17(11-16)22(25)26)21(12-19)15-5-2-1-3-6-15;3-2(4,5)1(6)7/h1-12,18,24,27H,13-14,23H2,(H,25,26);(H,6,7)/t18-;/m1./s1. The van der Waals surface area contributed by atoms with Crippen molar-refractivity contribution in [3.63, 3.8) is 0 Å². The molecular weight excluding hydrogens is 469 g/mol. The van der Waals surface area contributed by atoms with Crippen LogP contribution in [0.1, 0.15) is 10.4 Å². The van der Waals surface area contributed by atoms with Crippen LogP contribution >= 0.6 is 12.6 Å². The molecule has 0 bridgehead atoms. The van der Waals surface area contributed by atoms with Crippen LogP contribution in [-0.4, -0.2) is 41.6 Å². The average Bonchev–Trinajstić information content (AvgIpc) is 2.82. The number of carboxylic acid groups (broad SMARTS) is 2. The van der Waals surface area contributed by atoms with Gasteiger partial charge in [0.05, 0.1) is 18.2 Å². The smallest absolute Gasteiger partial charge is 0.430 e. The van der Waals surface area contributed by atoms with E-state index < -0.39 is 18.1 Å². The van der Waals surface area contributed by atoms with Crippen LogP contribution in [0.5, 0.6) is 0 Å². The van der Waals surface area contributed by atoms with Crippen molar-refractivity contribution in [1.82, 2.24) is 0 Å². The second-order valence-electron chi connectivity index (χ2n) is 7.22. The van der Waals surface area contributed by atoms with Gasteiger partial charge in [-0.2, -0.15) is 25.8 Å². The lowest BCUT2D eigenvalue weighted by atomic mass is 9.93. The third-order valence-electron chi connectivity index (χ3n) is 4.67. The maximum absolute atomic E-state index is 11.3. The molecule has 0 fully saturated rings. The Balaban J connectivity index is 0.000000509. The zero-order valence-electron chi connectivity index (χ0n) is 17.8. The van der Waals surface area contributed by atoms with Crippen LogP contribution in [0, 0.1) is 0 Å². The summed E-state index contributed by atoms with van der Waals surface area (Å²) in [6, 6.07) is 23.4. The van der Waals surface area contributed by atoms with Crippen LogP contribution in [0.3, 0.4) is 0 Å². The normalized spacial score (nSPS) is 11.8. The number of carboxylic acids is 2. The molecule has 3 rings (SSSR count). The molecule has 0 heterocycles. The van der Waals surface area contributed by atoms with E-state index in [0.717, 1.165) is 34.5 Å². The number of benzene rings is 3. The van der Waals surface area contributed by atoms with Crippen molar-refractivity contribution in [3.8, 4) is 22.3 Å². The zero-order chi connectivity index (χ0) is 25.3. The summed E-state index contributed by atoms with van der Waals surface area (Å²) in [5, 5.41) is 20.2. The molecule has 3 aromatic carbocycles. The molecule has 0 radical (unpaired) electrons. The number of aliphatic carboxylic acids is 1. The predicted octanol–water partition coefficient (Wildman–Crippen LogP) is 2.47. The Kier molecular flexibility index (Phi) is 9.67. The van der Waals surface area contributed by atoms with Gasteiger partial charge in [0.25, 0.3) is 0 Å². The summed E-state index contributed by atoms with van der Waals surface area (Å²) in [7, 11) is 0. The predicted molar refractivity (Wildman–Crippen MR) is 124 cm³/mol. The van der Waals surface area contributed by atoms with Gasteiger partial charge in [0.1, 0.15) is 11.7 Å². The second kappa shape index (κ2) is 12.2. The summed E-state index contributed by atoms with van der Waals surface area (Å²) in [5.74, 6) is -3.29. The maximum atomic E-state index is 11.3. The molecule has 0 spiro atoms. The van der Waals surface area contributed by atoms with E-state index >= 15 is 0 Å². The van der Waals surface area contributed by atoms with E-state index in [1.807, 2.05) is 36.4 Å². The van der Waals surface area contributed by atoms with Gasteiger partial charge in [-0.15, -0.1) is 0 Å². The topological polar surface area (TPSA) is 120 Å². The van der Waals surface area contributed by atoms with Crippen LogP contribution in [0.15, 0.2) is 72.8 Å². The van der Waals surface area contributed by atoms with Crippen LogP contribution < -0.4 is 16.2 Å². The Bertz CT molecular complexity index is 1120. The van der Waals surface area contributed by atoms with Gasteiger partial charge in [0.2, 0.25) is 0 Å². The maximum Gasteiger partial charge on any atom is 0.430 e. The molecule has 180 valence electrons. The molecule has 0 amide bonds. The Labute approximate surface area is 199 Å². The van der Waals surface area contributed by atoms with Crippen LogP contribution in [0.2, 0.25) is 0 Å². The molecule has 34 heavy (non-hydrogen) atoms. The Hall–Kier alpha value is -3.34. The van der Waals surface area contributed by atoms with Crippen molar-refractivity contribution < 1.29 is 38.3 Å². The highest BCUT2D eigenvalue weighted by atomic mass is 32.1. The molecule has 6 nitrogen and oxygen atoms in total. The van der Waals surface area contributed by atoms with Gasteiger partial charge in [0, 0.05) is 11.8 Å². The largest absolute Gasteiger partial charge is 0.542 e. The van der Waals surface area contributed by atoms with Gasteiger partial charge in [-0.05, 0) is 46.5 Å². The quantitative estimate of drug-likeness (QED) is 0.298. The zero-order valence-corrected chi connectivity index (χ0v) is 18.7. The molecule has 1 atom stereocenters. The summed E-state index contributed by atoms with van der Waals surface area (Å²) in [5.41, 5.74) is 11.4. The number of aromatic carboxylic acids is 1. The molecule has 0 aliphatic heterocycles. The number of rotatable bonds is 7. The van der Waals surface area contributed by atoms with E-state index in [1.165, 1.54) is 0 Å². The molecule has 0 saturated heterocycles. The molecule has 0 aliphatic rings. The number of hydrogen-bond acceptors (Lipinski definition) is 5. The van der Waals surface area contributed by atoms with E-state index in [9.17, 15) is 23.1 Å². The fourth-order valence-corrected chi connectivity index (χ4v) is 3.13. The number of nitrogens with two attached hydrogens (primary N) is 2. The average molecular weight is 493 g/mol. The van der Waals surface area contributed by atoms with Crippen LogP contribution in [-0.2, 0) is 4.79 Å². The fraction of sp³-hybridized carbons (Fsp3) is 0.167. The van der Waals surface area contributed by atoms with Crippen molar-refractivity contribution in [1.29, 1.82) is 0 Å². The molecule has 10 heteroatoms. The number of carbonyl (C=O) groups excluding carboxylic acids is 1. The fourth-order valence-electron chi connectivity index (χ4n) is 2.98. The first-order valence-corrected chi connectivity index (χ1v) is 10.7. The van der Waals surface area contributed by atoms with E-state index in [1.54, 1.807) is 18.2 Å². The SMILES string of the molecule is N[C@@H](CS)C[NH2+]c1ccc(-c2cccc(C(=O)O)c2)c(-c2ccccc2)c1.O=C([O-])C(F)(F)F. The second-order valence-corrected chi connectivity index (χ2v) is 7.59. The first kappa shape index (κ1) is 26.9. The van der Waals surface area contributed by atoms with E-state index in [2.05, 4.69) is 36.1 Å². The highest BCUT2D eigenvalue weighted by molar-refractivity contribution is 7.80. The van der Waals surface area contributed by atoms with Gasteiger partial charge in [0.15, 0.2) is 0 Å². The number of hydrogen-bond donors (Lipinski definition) is 4. The van der Waals surface area contributed by atoms with Crippen molar-refractivity contribution in [3.05, 3.63) is 78.4 Å². The Morgan fingerprint density at radius 2 is 1.59 bits per heavy atom.